The van der Waals surface area contributed by atoms with Crippen molar-refractivity contribution in [1.29, 1.82) is 0 Å². The van der Waals surface area contributed by atoms with E-state index in [9.17, 15) is 8.78 Å². The molecule has 2 nitrogen and oxygen atoms in total. The van der Waals surface area contributed by atoms with Crippen molar-refractivity contribution in [3.8, 4) is 0 Å². The van der Waals surface area contributed by atoms with E-state index in [-0.39, 0.29) is 5.39 Å². The summed E-state index contributed by atoms with van der Waals surface area (Å²) in [7, 11) is 0. The quantitative estimate of drug-likeness (QED) is 0.702. The second kappa shape index (κ2) is 5.30. The Balaban J connectivity index is 2.15. The lowest BCUT2D eigenvalue weighted by molar-refractivity contribution is 0.592. The molecular formula is C16H11ClF2N2. The molecule has 3 aromatic rings. The predicted molar refractivity (Wildman–Crippen MR) is 81.1 cm³/mol. The first-order valence-electron chi connectivity index (χ1n) is 6.32. The average molecular weight is 305 g/mol. The number of aromatic nitrogens is 1. The summed E-state index contributed by atoms with van der Waals surface area (Å²) in [5.74, 6) is -0.938. The minimum absolute atomic E-state index is 0.248. The molecule has 0 unspecified atom stereocenters. The fraction of sp³-hybridized carbons (Fsp3) is 0.0625. The maximum Gasteiger partial charge on any atom is 0.141 e. The third-order valence-corrected chi connectivity index (χ3v) is 3.71. The topological polar surface area (TPSA) is 24.9 Å². The maximum absolute atomic E-state index is 14.0. The number of fused-ring (bicyclic) bond motifs is 1. The lowest BCUT2D eigenvalue weighted by Crippen LogP contribution is -1.98. The van der Waals surface area contributed by atoms with Gasteiger partial charge in [-0.15, -0.1) is 0 Å². The first kappa shape index (κ1) is 13.8. The molecule has 0 saturated carbocycles. The zero-order valence-electron chi connectivity index (χ0n) is 11.1. The zero-order chi connectivity index (χ0) is 15.0. The normalized spacial score (nSPS) is 10.9. The van der Waals surface area contributed by atoms with Crippen molar-refractivity contribution in [3.63, 3.8) is 0 Å². The van der Waals surface area contributed by atoms with E-state index >= 15 is 0 Å². The van der Waals surface area contributed by atoms with Gasteiger partial charge in [-0.2, -0.15) is 0 Å². The summed E-state index contributed by atoms with van der Waals surface area (Å²) in [6, 6.07) is 9.07. The molecule has 0 atom stereocenters. The van der Waals surface area contributed by atoms with Crippen LogP contribution in [0.5, 0.6) is 0 Å². The Bertz CT molecular complexity index is 834. The maximum atomic E-state index is 14.0. The smallest absolute Gasteiger partial charge is 0.141 e. The highest BCUT2D eigenvalue weighted by molar-refractivity contribution is 6.31. The monoisotopic (exact) mass is 304 g/mol. The lowest BCUT2D eigenvalue weighted by atomic mass is 10.1. The van der Waals surface area contributed by atoms with Crippen molar-refractivity contribution >= 4 is 33.9 Å². The Kier molecular flexibility index (Phi) is 3.47. The van der Waals surface area contributed by atoms with Crippen molar-refractivity contribution in [3.05, 3.63) is 64.8 Å². The third-order valence-electron chi connectivity index (χ3n) is 3.30. The van der Waals surface area contributed by atoms with Crippen LogP contribution in [0.1, 0.15) is 5.56 Å². The summed E-state index contributed by atoms with van der Waals surface area (Å²) in [5, 5.41) is 4.36. The molecule has 106 valence electrons. The molecule has 0 saturated heterocycles. The van der Waals surface area contributed by atoms with Crippen LogP contribution >= 0.6 is 11.6 Å². The minimum Gasteiger partial charge on any atom is -0.339 e. The van der Waals surface area contributed by atoms with Crippen molar-refractivity contribution in [2.45, 2.75) is 6.92 Å². The Morgan fingerprint density at radius 2 is 1.95 bits per heavy atom. The summed E-state index contributed by atoms with van der Waals surface area (Å²) in [6.07, 6.45) is 1.50. The number of nitrogens with zero attached hydrogens (tertiary/aromatic N) is 1. The zero-order valence-corrected chi connectivity index (χ0v) is 11.9. The number of benzene rings is 2. The molecule has 1 N–H and O–H groups in total. The standard InChI is InChI=1S/C16H11ClF2N2/c1-9-12(17)3-2-4-14(9)21-16-15-10(5-6-20-16)7-11(18)8-13(15)19/h2-8H,1H3,(H,20,21). The summed E-state index contributed by atoms with van der Waals surface area (Å²) < 4.78 is 27.3. The Labute approximate surface area is 125 Å². The third kappa shape index (κ3) is 2.54. The SMILES string of the molecule is Cc1c(Cl)cccc1Nc1nccc2cc(F)cc(F)c12. The highest BCUT2D eigenvalue weighted by atomic mass is 35.5. The van der Waals surface area contributed by atoms with Gasteiger partial charge in [-0.3, -0.25) is 0 Å². The largest absolute Gasteiger partial charge is 0.339 e. The van der Waals surface area contributed by atoms with Gasteiger partial charge in [0.15, 0.2) is 0 Å². The van der Waals surface area contributed by atoms with Gasteiger partial charge in [0.05, 0.1) is 5.39 Å². The summed E-state index contributed by atoms with van der Waals surface area (Å²) in [6.45, 7) is 1.85. The fourth-order valence-electron chi connectivity index (χ4n) is 2.20. The second-order valence-electron chi connectivity index (χ2n) is 4.68. The molecule has 3 rings (SSSR count). The number of hydrogen-bond acceptors (Lipinski definition) is 2. The van der Waals surface area contributed by atoms with Crippen LogP contribution in [0.2, 0.25) is 5.02 Å². The van der Waals surface area contributed by atoms with Crippen LogP contribution in [0.15, 0.2) is 42.6 Å². The van der Waals surface area contributed by atoms with Gasteiger partial charge in [0.25, 0.3) is 0 Å². The Morgan fingerprint density at radius 3 is 2.76 bits per heavy atom. The molecule has 1 aromatic heterocycles. The van der Waals surface area contributed by atoms with E-state index in [1.165, 1.54) is 12.3 Å². The van der Waals surface area contributed by atoms with E-state index in [4.69, 9.17) is 11.6 Å². The molecule has 0 radical (unpaired) electrons. The molecule has 1 heterocycles. The van der Waals surface area contributed by atoms with Crippen LogP contribution in [0.25, 0.3) is 10.8 Å². The van der Waals surface area contributed by atoms with E-state index < -0.39 is 11.6 Å². The summed E-state index contributed by atoms with van der Waals surface area (Å²) in [4.78, 5) is 4.15. The molecule has 0 fully saturated rings. The number of pyridine rings is 1. The molecule has 0 aliphatic rings. The van der Waals surface area contributed by atoms with Crippen LogP contribution in [0.4, 0.5) is 20.3 Å². The first-order chi connectivity index (χ1) is 10.1. The van der Waals surface area contributed by atoms with E-state index in [1.54, 1.807) is 18.2 Å². The highest BCUT2D eigenvalue weighted by Gasteiger charge is 2.11. The molecule has 0 spiro atoms. The van der Waals surface area contributed by atoms with Gasteiger partial charge in [-0.25, -0.2) is 13.8 Å². The molecule has 0 bridgehead atoms. The molecular weight excluding hydrogens is 294 g/mol. The molecule has 21 heavy (non-hydrogen) atoms. The van der Waals surface area contributed by atoms with Gasteiger partial charge in [-0.1, -0.05) is 17.7 Å². The van der Waals surface area contributed by atoms with Crippen LogP contribution in [-0.4, -0.2) is 4.98 Å². The van der Waals surface area contributed by atoms with E-state index in [0.29, 0.717) is 16.2 Å². The van der Waals surface area contributed by atoms with Gasteiger partial charge in [0.2, 0.25) is 0 Å². The van der Waals surface area contributed by atoms with E-state index in [1.807, 2.05) is 13.0 Å². The van der Waals surface area contributed by atoms with Gasteiger partial charge >= 0.3 is 0 Å². The van der Waals surface area contributed by atoms with Crippen LogP contribution < -0.4 is 5.32 Å². The number of rotatable bonds is 2. The second-order valence-corrected chi connectivity index (χ2v) is 5.09. The number of hydrogen-bond donors (Lipinski definition) is 1. The van der Waals surface area contributed by atoms with Gasteiger partial charge < -0.3 is 5.32 Å². The van der Waals surface area contributed by atoms with Crippen molar-refractivity contribution in [2.24, 2.45) is 0 Å². The van der Waals surface area contributed by atoms with Gasteiger partial charge in [0.1, 0.15) is 17.5 Å². The van der Waals surface area contributed by atoms with Crippen molar-refractivity contribution in [2.75, 3.05) is 5.32 Å². The first-order valence-corrected chi connectivity index (χ1v) is 6.70. The summed E-state index contributed by atoms with van der Waals surface area (Å²) >= 11 is 6.07. The van der Waals surface area contributed by atoms with E-state index in [2.05, 4.69) is 10.3 Å². The average Bonchev–Trinajstić information content (AvgIpc) is 2.43. The fourth-order valence-corrected chi connectivity index (χ4v) is 2.37. The predicted octanol–water partition coefficient (Wildman–Crippen LogP) is 5.22. The van der Waals surface area contributed by atoms with Crippen LogP contribution in [0.3, 0.4) is 0 Å². The lowest BCUT2D eigenvalue weighted by Gasteiger charge is -2.12. The number of nitrogens with one attached hydrogen (secondary N) is 1. The summed E-state index contributed by atoms with van der Waals surface area (Å²) in [5.41, 5.74) is 1.56. The van der Waals surface area contributed by atoms with E-state index in [0.717, 1.165) is 17.3 Å². The van der Waals surface area contributed by atoms with Gasteiger partial charge in [-0.05, 0) is 42.1 Å². The number of halogens is 3. The molecule has 0 amide bonds. The Morgan fingerprint density at radius 1 is 1.14 bits per heavy atom. The van der Waals surface area contributed by atoms with Gasteiger partial charge in [0, 0.05) is 23.0 Å². The molecule has 5 heteroatoms. The molecule has 0 aliphatic carbocycles. The Hall–Kier alpha value is -2.20. The molecule has 0 aliphatic heterocycles. The minimum atomic E-state index is -0.653. The van der Waals surface area contributed by atoms with Crippen LogP contribution in [-0.2, 0) is 0 Å². The van der Waals surface area contributed by atoms with Crippen molar-refractivity contribution < 1.29 is 8.78 Å². The highest BCUT2D eigenvalue weighted by Crippen LogP contribution is 2.30. The van der Waals surface area contributed by atoms with Crippen molar-refractivity contribution in [1.82, 2.24) is 4.98 Å². The number of anilines is 2. The van der Waals surface area contributed by atoms with Crippen LogP contribution in [0, 0.1) is 18.6 Å². The molecule has 2 aromatic carbocycles.